The minimum atomic E-state index is 0.0331. The van der Waals surface area contributed by atoms with Crippen molar-refractivity contribution in [2.45, 2.75) is 37.3 Å². The maximum atomic E-state index is 8.60. The Morgan fingerprint density at radius 1 is 1.50 bits per heavy atom. The molecule has 0 aromatic rings. The fourth-order valence-corrected chi connectivity index (χ4v) is 3.15. The Morgan fingerprint density at radius 2 is 2.00 bits per heavy atom. The monoisotopic (exact) mass is 217 g/mol. The molecule has 5 heteroatoms. The van der Waals surface area contributed by atoms with Crippen LogP contribution in [0.5, 0.6) is 0 Å². The van der Waals surface area contributed by atoms with Crippen molar-refractivity contribution in [3.8, 4) is 0 Å². The smallest absolute Gasteiger partial charge is 0.156 e. The van der Waals surface area contributed by atoms with Crippen LogP contribution in [0.3, 0.4) is 0 Å². The maximum Gasteiger partial charge on any atom is 0.156 e. The highest BCUT2D eigenvalue weighted by Crippen LogP contribution is 2.25. The second-order valence-electron chi connectivity index (χ2n) is 3.91. The third-order valence-corrected chi connectivity index (χ3v) is 3.77. The third kappa shape index (κ3) is 2.78. The Labute approximate surface area is 89.5 Å². The van der Waals surface area contributed by atoms with Crippen LogP contribution >= 0.6 is 11.8 Å². The summed E-state index contributed by atoms with van der Waals surface area (Å²) in [6.07, 6.45) is 0. The van der Waals surface area contributed by atoms with Crippen LogP contribution < -0.4 is 5.73 Å². The quantitative estimate of drug-likeness (QED) is 0.313. The molecule has 1 aliphatic rings. The van der Waals surface area contributed by atoms with Crippen molar-refractivity contribution in [1.82, 2.24) is 4.90 Å². The molecule has 3 atom stereocenters. The molecule has 0 spiro atoms. The third-order valence-electron chi connectivity index (χ3n) is 2.54. The Bertz CT molecular complexity index is 212. The van der Waals surface area contributed by atoms with Crippen LogP contribution in [0, 0.1) is 0 Å². The predicted octanol–water partition coefficient (Wildman–Crippen LogP) is 0.947. The molecule has 1 fully saturated rings. The van der Waals surface area contributed by atoms with Crippen LogP contribution in [0.25, 0.3) is 0 Å². The Balaban J connectivity index is 2.59. The standard InChI is InChI=1S/C9H19N3OS/c1-6-4-12(5-7(2)14-6)8(3)9(10)11-13/h6-8,13H,4-5H2,1-3H3,(H2,10,11). The molecule has 4 nitrogen and oxygen atoms in total. The van der Waals surface area contributed by atoms with Gasteiger partial charge in [0.1, 0.15) is 0 Å². The summed E-state index contributed by atoms with van der Waals surface area (Å²) in [5.41, 5.74) is 5.59. The molecule has 0 bridgehead atoms. The van der Waals surface area contributed by atoms with Crippen LogP contribution in [0.1, 0.15) is 20.8 Å². The van der Waals surface area contributed by atoms with Crippen molar-refractivity contribution in [3.63, 3.8) is 0 Å². The molecule has 0 saturated carbocycles. The number of nitrogens with two attached hydrogens (primary N) is 1. The van der Waals surface area contributed by atoms with E-state index in [9.17, 15) is 0 Å². The zero-order valence-corrected chi connectivity index (χ0v) is 9.79. The molecule has 1 aliphatic heterocycles. The van der Waals surface area contributed by atoms with E-state index in [4.69, 9.17) is 10.9 Å². The van der Waals surface area contributed by atoms with E-state index in [1.165, 1.54) is 0 Å². The van der Waals surface area contributed by atoms with Gasteiger partial charge >= 0.3 is 0 Å². The Morgan fingerprint density at radius 3 is 2.43 bits per heavy atom. The van der Waals surface area contributed by atoms with Gasteiger partial charge in [0.25, 0.3) is 0 Å². The number of hydrogen-bond donors (Lipinski definition) is 2. The molecule has 0 aromatic carbocycles. The van der Waals surface area contributed by atoms with Crippen LogP contribution in [0.15, 0.2) is 5.16 Å². The van der Waals surface area contributed by atoms with Crippen LogP contribution in [0.4, 0.5) is 0 Å². The lowest BCUT2D eigenvalue weighted by Gasteiger charge is -2.37. The van der Waals surface area contributed by atoms with Gasteiger partial charge in [0.05, 0.1) is 6.04 Å². The van der Waals surface area contributed by atoms with E-state index in [-0.39, 0.29) is 6.04 Å². The summed E-state index contributed by atoms with van der Waals surface area (Å²) in [4.78, 5) is 2.26. The minimum absolute atomic E-state index is 0.0331. The van der Waals surface area contributed by atoms with Gasteiger partial charge in [0.15, 0.2) is 5.84 Å². The van der Waals surface area contributed by atoms with Crippen LogP contribution in [0.2, 0.25) is 0 Å². The van der Waals surface area contributed by atoms with E-state index in [0.717, 1.165) is 13.1 Å². The first-order valence-electron chi connectivity index (χ1n) is 4.91. The second kappa shape index (κ2) is 4.89. The number of thioether (sulfide) groups is 1. The van der Waals surface area contributed by atoms with E-state index in [1.807, 2.05) is 18.7 Å². The lowest BCUT2D eigenvalue weighted by Crippen LogP contribution is -2.50. The molecule has 0 amide bonds. The Kier molecular flexibility index (Phi) is 4.07. The first-order valence-corrected chi connectivity index (χ1v) is 5.85. The van der Waals surface area contributed by atoms with Gasteiger partial charge in [-0.1, -0.05) is 19.0 Å². The molecule has 1 saturated heterocycles. The summed E-state index contributed by atoms with van der Waals surface area (Å²) in [5.74, 6) is 0.302. The summed E-state index contributed by atoms with van der Waals surface area (Å²) in [7, 11) is 0. The molecule has 82 valence electrons. The predicted molar refractivity (Wildman–Crippen MR) is 61.0 cm³/mol. The molecular weight excluding hydrogens is 198 g/mol. The van der Waals surface area contributed by atoms with Crippen molar-refractivity contribution in [3.05, 3.63) is 0 Å². The number of hydrogen-bond acceptors (Lipinski definition) is 4. The summed E-state index contributed by atoms with van der Waals surface area (Å²) in [6, 6.07) is 0.0331. The van der Waals surface area contributed by atoms with Gasteiger partial charge in [-0.05, 0) is 6.92 Å². The number of nitrogens with zero attached hydrogens (tertiary/aromatic N) is 2. The highest BCUT2D eigenvalue weighted by atomic mass is 32.2. The molecule has 0 aromatic heterocycles. The van der Waals surface area contributed by atoms with Crippen LogP contribution in [-0.4, -0.2) is 45.6 Å². The van der Waals surface area contributed by atoms with E-state index in [0.29, 0.717) is 16.3 Å². The molecule has 0 radical (unpaired) electrons. The first-order chi connectivity index (χ1) is 6.54. The van der Waals surface area contributed by atoms with E-state index in [1.54, 1.807) is 0 Å². The number of rotatable bonds is 2. The summed E-state index contributed by atoms with van der Waals surface area (Å²) < 4.78 is 0. The molecule has 3 unspecified atom stereocenters. The van der Waals surface area contributed by atoms with Gasteiger partial charge in [-0.15, -0.1) is 0 Å². The summed E-state index contributed by atoms with van der Waals surface area (Å²) in [5, 5.41) is 12.9. The molecule has 1 rings (SSSR count). The van der Waals surface area contributed by atoms with E-state index < -0.39 is 0 Å². The average Bonchev–Trinajstić information content (AvgIpc) is 2.14. The molecular formula is C9H19N3OS. The number of amidine groups is 1. The van der Waals surface area contributed by atoms with Gasteiger partial charge < -0.3 is 10.9 Å². The molecule has 0 aliphatic carbocycles. The van der Waals surface area contributed by atoms with E-state index >= 15 is 0 Å². The second-order valence-corrected chi connectivity index (χ2v) is 5.79. The molecule has 3 N–H and O–H groups in total. The zero-order valence-electron chi connectivity index (χ0n) is 8.97. The summed E-state index contributed by atoms with van der Waals surface area (Å²) >= 11 is 2.00. The maximum absolute atomic E-state index is 8.60. The van der Waals surface area contributed by atoms with Crippen molar-refractivity contribution in [2.24, 2.45) is 10.9 Å². The highest BCUT2D eigenvalue weighted by molar-refractivity contribution is 8.00. The van der Waals surface area contributed by atoms with Gasteiger partial charge in [0, 0.05) is 23.6 Å². The lowest BCUT2D eigenvalue weighted by atomic mass is 10.2. The fraction of sp³-hybridized carbons (Fsp3) is 0.889. The topological polar surface area (TPSA) is 61.8 Å². The summed E-state index contributed by atoms with van der Waals surface area (Å²) in [6.45, 7) is 8.42. The largest absolute Gasteiger partial charge is 0.409 e. The minimum Gasteiger partial charge on any atom is -0.409 e. The molecule has 1 heterocycles. The van der Waals surface area contributed by atoms with Gasteiger partial charge in [-0.2, -0.15) is 11.8 Å². The van der Waals surface area contributed by atoms with E-state index in [2.05, 4.69) is 23.9 Å². The first kappa shape index (κ1) is 11.7. The lowest BCUT2D eigenvalue weighted by molar-refractivity contribution is 0.240. The van der Waals surface area contributed by atoms with Gasteiger partial charge in [0.2, 0.25) is 0 Å². The normalized spacial score (nSPS) is 32.9. The highest BCUT2D eigenvalue weighted by Gasteiger charge is 2.27. The van der Waals surface area contributed by atoms with Crippen molar-refractivity contribution >= 4 is 17.6 Å². The zero-order chi connectivity index (χ0) is 10.7. The SMILES string of the molecule is CC1CN(C(C)C(N)=NO)CC(C)S1. The molecule has 14 heavy (non-hydrogen) atoms. The van der Waals surface area contributed by atoms with Crippen molar-refractivity contribution in [1.29, 1.82) is 0 Å². The van der Waals surface area contributed by atoms with Gasteiger partial charge in [-0.3, -0.25) is 4.90 Å². The Hall–Kier alpha value is -0.420. The van der Waals surface area contributed by atoms with Crippen molar-refractivity contribution in [2.75, 3.05) is 13.1 Å². The average molecular weight is 217 g/mol. The van der Waals surface area contributed by atoms with Gasteiger partial charge in [-0.25, -0.2) is 0 Å². The number of oxime groups is 1. The van der Waals surface area contributed by atoms with Crippen LogP contribution in [-0.2, 0) is 0 Å². The van der Waals surface area contributed by atoms with Crippen molar-refractivity contribution < 1.29 is 5.21 Å². The fourth-order valence-electron chi connectivity index (χ4n) is 1.80.